The van der Waals surface area contributed by atoms with Gasteiger partial charge in [0.2, 0.25) is 0 Å². The standard InChI is InChI=1S/C70H40N4S/c1-3-16-41(17-4-1)45-36-46(42-18-5-2-6-19-42)38-47(37-45)69-72-67(43-31-34-61-55(39-43)54-33-35-63-65-64-53(24-15-29-62(64)75-63)52-23-10-14-28-60(52)74(61)66(54)65)71-68(73-69)44-30-32-51-50-22-9-13-27-58(50)70(59(51)40-44)56-25-11-7-20-48(56)49-21-8-12-26-57(49)70/h1-40H. The van der Waals surface area contributed by atoms with E-state index in [-0.39, 0.29) is 0 Å². The van der Waals surface area contributed by atoms with Crippen LogP contribution in [-0.2, 0) is 5.41 Å². The van der Waals surface area contributed by atoms with Crippen LogP contribution in [0.3, 0.4) is 0 Å². The Kier molecular flexibility index (Phi) is 8.33. The van der Waals surface area contributed by atoms with Gasteiger partial charge in [0.15, 0.2) is 17.5 Å². The lowest BCUT2D eigenvalue weighted by atomic mass is 9.70. The van der Waals surface area contributed by atoms with E-state index in [1.54, 1.807) is 0 Å². The van der Waals surface area contributed by atoms with Crippen molar-refractivity contribution in [2.75, 3.05) is 0 Å². The van der Waals surface area contributed by atoms with Crippen LogP contribution in [0.4, 0.5) is 0 Å². The van der Waals surface area contributed by atoms with Crippen molar-refractivity contribution in [3.63, 3.8) is 0 Å². The summed E-state index contributed by atoms with van der Waals surface area (Å²) in [6.07, 6.45) is 0. The van der Waals surface area contributed by atoms with Crippen molar-refractivity contribution in [3.05, 3.63) is 265 Å². The molecule has 4 heterocycles. The molecule has 0 saturated carbocycles. The number of hydrogen-bond donors (Lipinski definition) is 0. The number of benzene rings is 11. The van der Waals surface area contributed by atoms with Crippen LogP contribution in [-0.4, -0.2) is 19.4 Å². The Labute approximate surface area is 435 Å². The summed E-state index contributed by atoms with van der Waals surface area (Å²) < 4.78 is 5.11. The molecule has 15 aromatic rings. The summed E-state index contributed by atoms with van der Waals surface area (Å²) in [5, 5.41) is 7.55. The first kappa shape index (κ1) is 41.0. The number of thiophene rings is 1. The number of rotatable bonds is 5. The molecule has 0 atom stereocenters. The average Bonchev–Trinajstić information content (AvgIpc) is 4.19. The highest BCUT2D eigenvalue weighted by atomic mass is 32.1. The zero-order chi connectivity index (χ0) is 48.9. The van der Waals surface area contributed by atoms with Crippen molar-refractivity contribution in [1.82, 2.24) is 19.4 Å². The molecule has 1 spiro atoms. The third-order valence-electron chi connectivity index (χ3n) is 16.4. The smallest absolute Gasteiger partial charge is 0.164 e. The van der Waals surface area contributed by atoms with Crippen molar-refractivity contribution < 1.29 is 0 Å². The van der Waals surface area contributed by atoms with E-state index in [0.717, 1.165) is 49.8 Å². The lowest BCUT2D eigenvalue weighted by Gasteiger charge is -2.30. The van der Waals surface area contributed by atoms with Crippen LogP contribution >= 0.6 is 11.3 Å². The van der Waals surface area contributed by atoms with Gasteiger partial charge in [-0.3, -0.25) is 0 Å². The van der Waals surface area contributed by atoms with Gasteiger partial charge in [-0.25, -0.2) is 15.0 Å². The Morgan fingerprint density at radius 1 is 0.293 bits per heavy atom. The van der Waals surface area contributed by atoms with Gasteiger partial charge in [0, 0.05) is 53.0 Å². The molecule has 11 aromatic carbocycles. The predicted molar refractivity (Wildman–Crippen MR) is 311 cm³/mol. The minimum Gasteiger partial charge on any atom is -0.308 e. The van der Waals surface area contributed by atoms with Crippen molar-refractivity contribution in [1.29, 1.82) is 0 Å². The zero-order valence-corrected chi connectivity index (χ0v) is 41.1. The first-order valence-corrected chi connectivity index (χ1v) is 26.5. The molecule has 4 aromatic heterocycles. The maximum Gasteiger partial charge on any atom is 0.164 e. The van der Waals surface area contributed by atoms with E-state index in [4.69, 9.17) is 15.0 Å². The van der Waals surface area contributed by atoms with Gasteiger partial charge in [-0.05, 0) is 133 Å². The fourth-order valence-corrected chi connectivity index (χ4v) is 14.4. The molecule has 0 fully saturated rings. The van der Waals surface area contributed by atoms with Crippen molar-refractivity contribution >= 4 is 69.6 Å². The van der Waals surface area contributed by atoms with Gasteiger partial charge in [-0.2, -0.15) is 0 Å². The lowest BCUT2D eigenvalue weighted by Crippen LogP contribution is -2.25. The molecule has 0 aliphatic heterocycles. The first-order chi connectivity index (χ1) is 37.2. The predicted octanol–water partition coefficient (Wildman–Crippen LogP) is 18.1. The molecule has 0 N–H and O–H groups in total. The quantitative estimate of drug-likeness (QED) is 0.173. The third kappa shape index (κ3) is 5.62. The minimum atomic E-state index is -0.511. The topological polar surface area (TPSA) is 43.1 Å². The summed E-state index contributed by atoms with van der Waals surface area (Å²) >= 11 is 1.88. The molecule has 0 radical (unpaired) electrons. The van der Waals surface area contributed by atoms with E-state index in [1.165, 1.54) is 91.9 Å². The van der Waals surface area contributed by atoms with E-state index in [9.17, 15) is 0 Å². The summed E-state index contributed by atoms with van der Waals surface area (Å²) in [6.45, 7) is 0. The van der Waals surface area contributed by atoms with Gasteiger partial charge in [0.05, 0.1) is 22.0 Å². The molecule has 4 nitrogen and oxygen atoms in total. The summed E-state index contributed by atoms with van der Waals surface area (Å²) in [4.78, 5) is 16.6. The number of hydrogen-bond acceptors (Lipinski definition) is 4. The van der Waals surface area contributed by atoms with Gasteiger partial charge < -0.3 is 4.40 Å². The van der Waals surface area contributed by atoms with E-state index >= 15 is 0 Å². The third-order valence-corrected chi connectivity index (χ3v) is 17.5. The monoisotopic (exact) mass is 968 g/mol. The minimum absolute atomic E-state index is 0.511. The lowest BCUT2D eigenvalue weighted by molar-refractivity contribution is 0.794. The largest absolute Gasteiger partial charge is 0.308 e. The SMILES string of the molecule is c1ccc(-c2cc(-c3ccccc3)cc(-c3nc(-c4ccc5c(c4)C4(c6ccccc6-c6ccccc64)c4ccccc4-5)nc(-c4ccc5c(c4)c4ccc6sc7cccc8c9ccccc9n5c4c6c78)n3)c2)cc1. The van der Waals surface area contributed by atoms with Crippen LogP contribution in [0.1, 0.15) is 22.3 Å². The van der Waals surface area contributed by atoms with Gasteiger partial charge >= 0.3 is 0 Å². The van der Waals surface area contributed by atoms with E-state index in [2.05, 4.69) is 247 Å². The van der Waals surface area contributed by atoms with E-state index in [1.807, 2.05) is 11.3 Å². The highest BCUT2D eigenvalue weighted by molar-refractivity contribution is 7.26. The second-order valence-electron chi connectivity index (χ2n) is 20.2. The van der Waals surface area contributed by atoms with Crippen LogP contribution < -0.4 is 0 Å². The van der Waals surface area contributed by atoms with Gasteiger partial charge in [0.25, 0.3) is 0 Å². The first-order valence-electron chi connectivity index (χ1n) is 25.7. The highest BCUT2D eigenvalue weighted by Gasteiger charge is 2.51. The molecule has 0 amide bonds. The fourth-order valence-electron chi connectivity index (χ4n) is 13.3. The van der Waals surface area contributed by atoms with Crippen LogP contribution in [0.5, 0.6) is 0 Å². The molecule has 5 heteroatoms. The number of aromatic nitrogens is 4. The molecule has 17 rings (SSSR count). The van der Waals surface area contributed by atoms with E-state index < -0.39 is 5.41 Å². The normalized spacial score (nSPS) is 13.2. The molecule has 75 heavy (non-hydrogen) atoms. The number of para-hydroxylation sites is 1. The van der Waals surface area contributed by atoms with E-state index in [0.29, 0.717) is 17.5 Å². The number of fused-ring (bicyclic) bond motifs is 16. The molecule has 0 bridgehead atoms. The maximum absolute atomic E-state index is 5.55. The summed E-state index contributed by atoms with van der Waals surface area (Å²) in [5.41, 5.74) is 20.5. The second kappa shape index (κ2) is 15.2. The van der Waals surface area contributed by atoms with Crippen molar-refractivity contribution in [2.45, 2.75) is 5.41 Å². The Morgan fingerprint density at radius 3 is 1.47 bits per heavy atom. The Bertz CT molecular complexity index is 4760. The van der Waals surface area contributed by atoms with Gasteiger partial charge in [-0.1, -0.05) is 182 Å². The van der Waals surface area contributed by atoms with Crippen LogP contribution in [0.2, 0.25) is 0 Å². The van der Waals surface area contributed by atoms with Crippen LogP contribution in [0, 0.1) is 0 Å². The molecule has 0 unspecified atom stereocenters. The van der Waals surface area contributed by atoms with Crippen LogP contribution in [0.15, 0.2) is 243 Å². The highest BCUT2D eigenvalue weighted by Crippen LogP contribution is 2.63. The number of nitrogens with zero attached hydrogens (tertiary/aromatic N) is 4. The Morgan fingerprint density at radius 2 is 0.800 bits per heavy atom. The van der Waals surface area contributed by atoms with Crippen molar-refractivity contribution in [2.24, 2.45) is 0 Å². The maximum atomic E-state index is 5.55. The second-order valence-corrected chi connectivity index (χ2v) is 21.3. The molecule has 2 aliphatic rings. The Hall–Kier alpha value is -9.55. The van der Waals surface area contributed by atoms with Gasteiger partial charge in [-0.15, -0.1) is 11.3 Å². The Balaban J connectivity index is 0.934. The van der Waals surface area contributed by atoms with Crippen molar-refractivity contribution in [3.8, 4) is 78.7 Å². The molecule has 0 saturated heterocycles. The fraction of sp³-hybridized carbons (Fsp3) is 0.0143. The van der Waals surface area contributed by atoms with Gasteiger partial charge in [0.1, 0.15) is 0 Å². The summed E-state index contributed by atoms with van der Waals surface area (Å²) in [7, 11) is 0. The molecule has 2 aliphatic carbocycles. The summed E-state index contributed by atoms with van der Waals surface area (Å²) in [5.74, 6) is 1.86. The van der Waals surface area contributed by atoms with Crippen LogP contribution in [0.25, 0.3) is 137 Å². The summed E-state index contributed by atoms with van der Waals surface area (Å²) in [6, 6.07) is 88.9. The molecular weight excluding hydrogens is 929 g/mol. The molecular formula is C70H40N4S. The molecule has 346 valence electrons. The zero-order valence-electron chi connectivity index (χ0n) is 40.3. The average molecular weight is 969 g/mol.